The highest BCUT2D eigenvalue weighted by Crippen LogP contribution is 2.45. The molecule has 0 bridgehead atoms. The molecule has 0 heterocycles. The summed E-state index contributed by atoms with van der Waals surface area (Å²) in [5, 5.41) is 0. The lowest BCUT2D eigenvalue weighted by Crippen LogP contribution is -1.97. The summed E-state index contributed by atoms with van der Waals surface area (Å²) < 4.78 is 17.2. The molecule has 0 saturated heterocycles. The predicted molar refractivity (Wildman–Crippen MR) is 58.8 cm³/mol. The van der Waals surface area contributed by atoms with Crippen LogP contribution in [0.1, 0.15) is 46.5 Å². The van der Waals surface area contributed by atoms with Gasteiger partial charge in [0.25, 0.3) is 0 Å². The van der Waals surface area contributed by atoms with Crippen molar-refractivity contribution in [2.45, 2.75) is 46.5 Å². The summed E-state index contributed by atoms with van der Waals surface area (Å²) in [6.45, 7) is 6.75. The van der Waals surface area contributed by atoms with E-state index < -0.39 is 7.37 Å². The van der Waals surface area contributed by atoms with Crippen LogP contribution < -0.4 is 0 Å². The first-order chi connectivity index (χ1) is 6.18. The van der Waals surface area contributed by atoms with Crippen molar-refractivity contribution in [2.24, 2.45) is 0 Å². The molecule has 0 aromatic rings. The standard InChI is InChI=1S/C10H23O2P/c1-4-7-8-9-10-12-13(11,5-2)6-3/h4-10H2,1-3H3. The van der Waals surface area contributed by atoms with Gasteiger partial charge in [0.1, 0.15) is 0 Å². The zero-order valence-corrected chi connectivity index (χ0v) is 10.1. The van der Waals surface area contributed by atoms with E-state index in [0.717, 1.165) is 6.42 Å². The lowest BCUT2D eigenvalue weighted by molar-refractivity contribution is 0.303. The summed E-state index contributed by atoms with van der Waals surface area (Å²) in [7, 11) is -2.23. The molecule has 0 fully saturated rings. The van der Waals surface area contributed by atoms with Crippen LogP contribution in [0.15, 0.2) is 0 Å². The van der Waals surface area contributed by atoms with Crippen molar-refractivity contribution in [1.29, 1.82) is 0 Å². The molecular formula is C10H23O2P. The van der Waals surface area contributed by atoms with Gasteiger partial charge in [0, 0.05) is 12.3 Å². The topological polar surface area (TPSA) is 26.3 Å². The summed E-state index contributed by atoms with van der Waals surface area (Å²) in [6, 6.07) is 0. The second kappa shape index (κ2) is 7.58. The van der Waals surface area contributed by atoms with E-state index in [9.17, 15) is 4.57 Å². The van der Waals surface area contributed by atoms with Crippen LogP contribution in [0.3, 0.4) is 0 Å². The summed E-state index contributed by atoms with van der Waals surface area (Å²) >= 11 is 0. The van der Waals surface area contributed by atoms with Gasteiger partial charge in [0.05, 0.1) is 6.61 Å². The van der Waals surface area contributed by atoms with E-state index in [0.29, 0.717) is 18.9 Å². The maximum atomic E-state index is 11.8. The normalized spacial score (nSPS) is 11.9. The molecule has 0 N–H and O–H groups in total. The minimum Gasteiger partial charge on any atom is -0.328 e. The molecule has 0 atom stereocenters. The van der Waals surface area contributed by atoms with Gasteiger partial charge in [0.15, 0.2) is 0 Å². The average Bonchev–Trinajstić information content (AvgIpc) is 2.17. The highest BCUT2D eigenvalue weighted by molar-refractivity contribution is 7.58. The number of hydrogen-bond donors (Lipinski definition) is 0. The predicted octanol–water partition coefficient (Wildman–Crippen LogP) is 3.90. The molecule has 0 aromatic carbocycles. The Labute approximate surface area is 82.5 Å². The molecule has 0 aliphatic heterocycles. The van der Waals surface area contributed by atoms with Crippen LogP contribution in [0, 0.1) is 0 Å². The maximum absolute atomic E-state index is 11.8. The SMILES string of the molecule is CCCCCCOP(=O)(CC)CC. The Kier molecular flexibility index (Phi) is 7.69. The highest BCUT2D eigenvalue weighted by Gasteiger charge is 2.16. The molecular weight excluding hydrogens is 183 g/mol. The number of unbranched alkanes of at least 4 members (excludes halogenated alkanes) is 3. The van der Waals surface area contributed by atoms with E-state index in [4.69, 9.17) is 4.52 Å². The second-order valence-electron chi connectivity index (χ2n) is 3.34. The summed E-state index contributed by atoms with van der Waals surface area (Å²) in [6.07, 6.45) is 6.10. The van der Waals surface area contributed by atoms with E-state index >= 15 is 0 Å². The first kappa shape index (κ1) is 13.2. The monoisotopic (exact) mass is 206 g/mol. The molecule has 3 heteroatoms. The first-order valence-electron chi connectivity index (χ1n) is 5.41. The van der Waals surface area contributed by atoms with Crippen molar-refractivity contribution in [2.75, 3.05) is 18.9 Å². The van der Waals surface area contributed by atoms with Gasteiger partial charge in [-0.2, -0.15) is 0 Å². The zero-order chi connectivity index (χ0) is 10.2. The summed E-state index contributed by atoms with van der Waals surface area (Å²) in [4.78, 5) is 0. The molecule has 0 amide bonds. The van der Waals surface area contributed by atoms with Gasteiger partial charge < -0.3 is 4.52 Å². The largest absolute Gasteiger partial charge is 0.328 e. The van der Waals surface area contributed by atoms with Gasteiger partial charge in [-0.1, -0.05) is 40.0 Å². The smallest absolute Gasteiger partial charge is 0.202 e. The van der Waals surface area contributed by atoms with Gasteiger partial charge in [-0.3, -0.25) is 4.57 Å². The van der Waals surface area contributed by atoms with Crippen molar-refractivity contribution in [3.63, 3.8) is 0 Å². The quantitative estimate of drug-likeness (QED) is 0.444. The van der Waals surface area contributed by atoms with E-state index in [1.54, 1.807) is 0 Å². The molecule has 0 unspecified atom stereocenters. The van der Waals surface area contributed by atoms with E-state index in [2.05, 4.69) is 6.92 Å². The van der Waals surface area contributed by atoms with Crippen LogP contribution >= 0.6 is 7.37 Å². The van der Waals surface area contributed by atoms with Crippen LogP contribution in [-0.2, 0) is 9.09 Å². The fraction of sp³-hybridized carbons (Fsp3) is 1.00. The van der Waals surface area contributed by atoms with Crippen molar-refractivity contribution in [3.8, 4) is 0 Å². The fourth-order valence-corrected chi connectivity index (χ4v) is 2.44. The second-order valence-corrected chi connectivity index (χ2v) is 6.49. The molecule has 0 rings (SSSR count). The third kappa shape index (κ3) is 6.29. The van der Waals surface area contributed by atoms with Crippen molar-refractivity contribution in [1.82, 2.24) is 0 Å². The Bertz CT molecular complexity index is 149. The summed E-state index contributed by atoms with van der Waals surface area (Å²) in [5.41, 5.74) is 0. The minimum absolute atomic E-state index is 0.678. The van der Waals surface area contributed by atoms with Gasteiger partial charge in [-0.15, -0.1) is 0 Å². The average molecular weight is 206 g/mol. The van der Waals surface area contributed by atoms with Crippen molar-refractivity contribution >= 4 is 7.37 Å². The fourth-order valence-electron chi connectivity index (χ4n) is 1.17. The highest BCUT2D eigenvalue weighted by atomic mass is 31.2. The van der Waals surface area contributed by atoms with Crippen LogP contribution in [0.5, 0.6) is 0 Å². The Morgan fingerprint density at radius 1 is 1.00 bits per heavy atom. The molecule has 80 valence electrons. The zero-order valence-electron chi connectivity index (χ0n) is 9.21. The Morgan fingerprint density at radius 2 is 1.62 bits per heavy atom. The number of hydrogen-bond acceptors (Lipinski definition) is 2. The number of rotatable bonds is 8. The lowest BCUT2D eigenvalue weighted by atomic mass is 10.2. The maximum Gasteiger partial charge on any atom is 0.202 e. The van der Waals surface area contributed by atoms with Gasteiger partial charge in [-0.25, -0.2) is 0 Å². The van der Waals surface area contributed by atoms with Crippen LogP contribution in [0.4, 0.5) is 0 Å². The minimum atomic E-state index is -2.23. The Morgan fingerprint density at radius 3 is 2.08 bits per heavy atom. The first-order valence-corrected chi connectivity index (χ1v) is 7.40. The molecule has 0 aromatic heterocycles. The molecule has 2 nitrogen and oxygen atoms in total. The molecule has 0 spiro atoms. The molecule has 0 radical (unpaired) electrons. The third-order valence-corrected chi connectivity index (χ3v) is 4.87. The summed E-state index contributed by atoms with van der Waals surface area (Å²) in [5.74, 6) is 0. The van der Waals surface area contributed by atoms with Gasteiger partial charge in [0.2, 0.25) is 7.37 Å². The van der Waals surface area contributed by atoms with Gasteiger partial charge >= 0.3 is 0 Å². The van der Waals surface area contributed by atoms with Gasteiger partial charge in [-0.05, 0) is 6.42 Å². The third-order valence-electron chi connectivity index (χ3n) is 2.29. The van der Waals surface area contributed by atoms with E-state index in [1.165, 1.54) is 19.3 Å². The van der Waals surface area contributed by atoms with Crippen molar-refractivity contribution < 1.29 is 9.09 Å². The van der Waals surface area contributed by atoms with Crippen LogP contribution in [-0.4, -0.2) is 18.9 Å². The van der Waals surface area contributed by atoms with Crippen LogP contribution in [0.2, 0.25) is 0 Å². The molecule has 13 heavy (non-hydrogen) atoms. The van der Waals surface area contributed by atoms with Crippen molar-refractivity contribution in [3.05, 3.63) is 0 Å². The van der Waals surface area contributed by atoms with E-state index in [1.807, 2.05) is 13.8 Å². The lowest BCUT2D eigenvalue weighted by Gasteiger charge is -2.14. The molecule has 0 aliphatic rings. The molecule has 0 aliphatic carbocycles. The Hall–Kier alpha value is 0.190. The Balaban J connectivity index is 3.45. The van der Waals surface area contributed by atoms with E-state index in [-0.39, 0.29) is 0 Å². The molecule has 0 saturated carbocycles. The van der Waals surface area contributed by atoms with Crippen LogP contribution in [0.25, 0.3) is 0 Å².